The average molecular weight is 351 g/mol. The van der Waals surface area contributed by atoms with Gasteiger partial charge in [0.25, 0.3) is 0 Å². The summed E-state index contributed by atoms with van der Waals surface area (Å²) in [4.78, 5) is 9.22. The topological polar surface area (TPSA) is 75.7 Å². The van der Waals surface area contributed by atoms with E-state index in [9.17, 15) is 0 Å². The van der Waals surface area contributed by atoms with Gasteiger partial charge in [-0.25, -0.2) is 9.97 Å². The van der Waals surface area contributed by atoms with Gasteiger partial charge in [-0.1, -0.05) is 42.5 Å². The summed E-state index contributed by atoms with van der Waals surface area (Å²) in [6, 6.07) is 12.0. The van der Waals surface area contributed by atoms with Crippen molar-refractivity contribution in [2.24, 2.45) is 0 Å². The van der Waals surface area contributed by atoms with E-state index in [0.29, 0.717) is 18.3 Å². The number of benzene rings is 1. The Kier molecular flexibility index (Phi) is 4.75. The fourth-order valence-corrected chi connectivity index (χ4v) is 2.74. The maximum atomic E-state index is 5.09. The smallest absolute Gasteiger partial charge is 0.161 e. The van der Waals surface area contributed by atoms with Crippen molar-refractivity contribution in [2.45, 2.75) is 18.8 Å². The quantitative estimate of drug-likeness (QED) is 0.648. The van der Waals surface area contributed by atoms with Crippen molar-refractivity contribution in [1.29, 1.82) is 0 Å². The van der Waals surface area contributed by atoms with Gasteiger partial charge in [0, 0.05) is 45.0 Å². The molecule has 0 atom stereocenters. The Hall–Kier alpha value is -2.99. The Morgan fingerprint density at radius 3 is 2.92 bits per heavy atom. The van der Waals surface area contributed by atoms with E-state index in [-0.39, 0.29) is 2.85 Å². The molecule has 0 saturated heterocycles. The van der Waals surface area contributed by atoms with E-state index in [1.165, 1.54) is 18.5 Å². The maximum absolute atomic E-state index is 5.09. The van der Waals surface area contributed by atoms with Crippen LogP contribution < -0.4 is 5.32 Å². The Bertz CT molecular complexity index is 910. The highest BCUT2D eigenvalue weighted by atomic mass is 16.5. The van der Waals surface area contributed by atoms with Crippen molar-refractivity contribution in [2.75, 3.05) is 19.0 Å². The number of nitrogens with zero attached hydrogens (tertiary/aromatic N) is 3. The lowest BCUT2D eigenvalue weighted by Crippen LogP contribution is -2.00. The van der Waals surface area contributed by atoms with E-state index < -0.39 is 0 Å². The molecule has 2 aromatic heterocycles. The van der Waals surface area contributed by atoms with Crippen LogP contribution in [0.5, 0.6) is 0 Å². The van der Waals surface area contributed by atoms with Gasteiger partial charge in [0.2, 0.25) is 0 Å². The first-order valence-corrected chi connectivity index (χ1v) is 8.74. The molecule has 0 radical (unpaired) electrons. The third-order valence-electron chi connectivity index (χ3n) is 4.27. The monoisotopic (exact) mass is 351 g/mol. The molecular formula is C20H25N5O. The maximum Gasteiger partial charge on any atom is 0.161 e. The number of rotatable bonds is 7. The van der Waals surface area contributed by atoms with Gasteiger partial charge in [-0.15, -0.1) is 0 Å². The Morgan fingerprint density at radius 2 is 2.15 bits per heavy atom. The summed E-state index contributed by atoms with van der Waals surface area (Å²) in [7, 11) is 1.67. The predicted molar refractivity (Wildman–Crippen MR) is 106 cm³/mol. The normalized spacial score (nSPS) is 14.0. The van der Waals surface area contributed by atoms with Crippen LogP contribution in [-0.2, 0) is 4.74 Å². The second-order valence-corrected chi connectivity index (χ2v) is 6.33. The fraction of sp³-hybridized carbons (Fsp3) is 0.250. The second kappa shape index (κ2) is 7.49. The molecule has 1 aliphatic carbocycles. The molecule has 136 valence electrons. The number of H-pyrrole nitrogens is 1. The van der Waals surface area contributed by atoms with Crippen molar-refractivity contribution in [3.8, 4) is 11.4 Å². The van der Waals surface area contributed by atoms with E-state index >= 15 is 0 Å². The molecule has 2 heterocycles. The number of hydrogen-bond acceptors (Lipinski definition) is 5. The summed E-state index contributed by atoms with van der Waals surface area (Å²) in [6.07, 6.45) is 8.18. The first kappa shape index (κ1) is 16.5. The van der Waals surface area contributed by atoms with Gasteiger partial charge in [0.05, 0.1) is 6.61 Å². The van der Waals surface area contributed by atoms with E-state index in [1.54, 1.807) is 7.11 Å². The van der Waals surface area contributed by atoms with Crippen LogP contribution in [-0.4, -0.2) is 33.9 Å². The minimum atomic E-state index is 0. The zero-order valence-electron chi connectivity index (χ0n) is 14.6. The van der Waals surface area contributed by atoms with E-state index in [1.807, 2.05) is 48.7 Å². The molecule has 1 aliphatic rings. The molecule has 0 aliphatic heterocycles. The molecule has 0 bridgehead atoms. The largest absolute Gasteiger partial charge is 0.381 e. The highest BCUT2D eigenvalue weighted by molar-refractivity contribution is 5.69. The molecule has 4 rings (SSSR count). The summed E-state index contributed by atoms with van der Waals surface area (Å²) >= 11 is 0. The standard InChI is InChI=1S/C20H21N5O.2H2/c1-26-11-5-8-16-13-21-19(15-6-3-2-4-7-15)23-20(16)22-18-12-17(24-25-18)14-9-10-14;;/h2-8,12-14H,9-11H2,1H3,(H2,21,22,23,24,25);2*1H/b8-5+;;. The van der Waals surface area contributed by atoms with Crippen molar-refractivity contribution < 1.29 is 7.59 Å². The van der Waals surface area contributed by atoms with Crippen molar-refractivity contribution in [1.82, 2.24) is 20.2 Å². The number of anilines is 2. The molecule has 1 saturated carbocycles. The first-order valence-electron chi connectivity index (χ1n) is 8.74. The predicted octanol–water partition coefficient (Wildman–Crippen LogP) is 4.64. The molecule has 6 nitrogen and oxygen atoms in total. The van der Waals surface area contributed by atoms with Gasteiger partial charge in [-0.3, -0.25) is 5.10 Å². The fourth-order valence-electron chi connectivity index (χ4n) is 2.74. The molecule has 2 N–H and O–H groups in total. The van der Waals surface area contributed by atoms with E-state index in [2.05, 4.69) is 26.6 Å². The highest BCUT2D eigenvalue weighted by Gasteiger charge is 2.25. The molecule has 0 spiro atoms. The highest BCUT2D eigenvalue weighted by Crippen LogP contribution is 2.39. The zero-order chi connectivity index (χ0) is 17.8. The third kappa shape index (κ3) is 3.81. The number of methoxy groups -OCH3 is 1. The van der Waals surface area contributed by atoms with Crippen molar-refractivity contribution in [3.63, 3.8) is 0 Å². The molecule has 6 heteroatoms. The lowest BCUT2D eigenvalue weighted by atomic mass is 10.2. The molecule has 1 fully saturated rings. The van der Waals surface area contributed by atoms with Crippen molar-refractivity contribution in [3.05, 3.63) is 59.9 Å². The van der Waals surface area contributed by atoms with Crippen LogP contribution in [0.1, 0.15) is 32.9 Å². The number of aromatic amines is 1. The van der Waals surface area contributed by atoms with Crippen LogP contribution in [0.15, 0.2) is 48.7 Å². The van der Waals surface area contributed by atoms with Gasteiger partial charge in [-0.05, 0) is 12.8 Å². The van der Waals surface area contributed by atoms with Gasteiger partial charge in [0.1, 0.15) is 5.82 Å². The van der Waals surface area contributed by atoms with Crippen LogP contribution in [0.25, 0.3) is 17.5 Å². The third-order valence-corrected chi connectivity index (χ3v) is 4.27. The minimum absolute atomic E-state index is 0. The van der Waals surface area contributed by atoms with Crippen molar-refractivity contribution >= 4 is 17.7 Å². The zero-order valence-corrected chi connectivity index (χ0v) is 14.6. The average Bonchev–Trinajstić information content (AvgIpc) is 3.43. The van der Waals surface area contributed by atoms with Gasteiger partial charge >= 0.3 is 0 Å². The molecule has 0 amide bonds. The van der Waals surface area contributed by atoms with Gasteiger partial charge < -0.3 is 10.1 Å². The minimum Gasteiger partial charge on any atom is -0.381 e. The Labute approximate surface area is 155 Å². The summed E-state index contributed by atoms with van der Waals surface area (Å²) in [6.45, 7) is 0.536. The molecule has 26 heavy (non-hydrogen) atoms. The van der Waals surface area contributed by atoms with Crippen LogP contribution >= 0.6 is 0 Å². The number of ether oxygens (including phenoxy) is 1. The van der Waals surface area contributed by atoms with Crippen LogP contribution in [0.3, 0.4) is 0 Å². The lowest BCUT2D eigenvalue weighted by molar-refractivity contribution is 0.234. The molecule has 0 unspecified atom stereocenters. The Morgan fingerprint density at radius 1 is 1.31 bits per heavy atom. The van der Waals surface area contributed by atoms with E-state index in [4.69, 9.17) is 9.72 Å². The molecule has 3 aromatic rings. The molecule has 1 aromatic carbocycles. The van der Waals surface area contributed by atoms with Crippen LogP contribution in [0.4, 0.5) is 11.6 Å². The van der Waals surface area contributed by atoms with Crippen LogP contribution in [0.2, 0.25) is 0 Å². The van der Waals surface area contributed by atoms with Gasteiger partial charge in [0.15, 0.2) is 11.6 Å². The number of hydrogen-bond donors (Lipinski definition) is 2. The number of aromatic nitrogens is 4. The first-order chi connectivity index (χ1) is 12.8. The van der Waals surface area contributed by atoms with Gasteiger partial charge in [-0.2, -0.15) is 5.10 Å². The summed E-state index contributed by atoms with van der Waals surface area (Å²) in [5, 5.41) is 10.8. The molecular weight excluding hydrogens is 326 g/mol. The Balaban J connectivity index is 0.00000140. The van der Waals surface area contributed by atoms with E-state index in [0.717, 1.165) is 22.8 Å². The summed E-state index contributed by atoms with van der Waals surface area (Å²) in [5.74, 6) is 2.80. The number of nitrogens with one attached hydrogen (secondary N) is 2. The summed E-state index contributed by atoms with van der Waals surface area (Å²) < 4.78 is 5.09. The summed E-state index contributed by atoms with van der Waals surface area (Å²) in [5.41, 5.74) is 3.04. The second-order valence-electron chi connectivity index (χ2n) is 6.33. The van der Waals surface area contributed by atoms with Crippen LogP contribution in [0, 0.1) is 0 Å². The lowest BCUT2D eigenvalue weighted by Gasteiger charge is -2.08. The SMILES string of the molecule is COC/C=C/c1cnc(-c2ccccc2)nc1Nc1cc(C2CC2)[nH]n1.[HH].[HH].